The van der Waals surface area contributed by atoms with Crippen molar-refractivity contribution in [3.05, 3.63) is 35.9 Å². The molecule has 12 N–H and O–H groups in total. The number of aliphatic imine (C=N–C) groups is 1. The van der Waals surface area contributed by atoms with Crippen LogP contribution in [0.2, 0.25) is 0 Å². The van der Waals surface area contributed by atoms with Gasteiger partial charge in [0.05, 0.1) is 6.04 Å². The first-order valence-electron chi connectivity index (χ1n) is 12.2. The molecule has 1 aromatic carbocycles. The number of hydrogen-bond acceptors (Lipinski definition) is 7. The summed E-state index contributed by atoms with van der Waals surface area (Å²) in [5.74, 6) is -3.12. The molecule has 0 radical (unpaired) electrons. The summed E-state index contributed by atoms with van der Waals surface area (Å²) in [7, 11) is 0. The van der Waals surface area contributed by atoms with E-state index in [1.165, 1.54) is 6.92 Å². The highest BCUT2D eigenvalue weighted by Gasteiger charge is 2.29. The maximum Gasteiger partial charge on any atom is 0.326 e. The molecule has 0 aromatic heterocycles. The van der Waals surface area contributed by atoms with Crippen molar-refractivity contribution in [1.82, 2.24) is 16.0 Å². The lowest BCUT2D eigenvalue weighted by Crippen LogP contribution is -2.57. The SMILES string of the molecule is CC(N)C(=O)NC(CCCCN)C(=O)NC(CCCN=C(N)N)C(=O)NC(Cc1ccccc1)C(=O)O. The average molecular weight is 521 g/mol. The minimum atomic E-state index is -1.22. The van der Waals surface area contributed by atoms with Crippen LogP contribution in [0, 0.1) is 0 Å². The van der Waals surface area contributed by atoms with Gasteiger partial charge in [0.25, 0.3) is 0 Å². The maximum atomic E-state index is 13.1. The summed E-state index contributed by atoms with van der Waals surface area (Å²) in [4.78, 5) is 54.1. The van der Waals surface area contributed by atoms with Crippen LogP contribution in [0.5, 0.6) is 0 Å². The van der Waals surface area contributed by atoms with Crippen molar-refractivity contribution in [3.63, 3.8) is 0 Å². The standard InChI is InChI=1S/C24H40N8O5/c1-15(26)20(33)30-17(10-5-6-12-25)21(34)31-18(11-7-13-29-24(27)28)22(35)32-19(23(36)37)14-16-8-3-2-4-9-16/h2-4,8-9,15,17-19H,5-7,10-14,25-26H2,1H3,(H,30,33)(H,31,34)(H,32,35)(H,36,37)(H4,27,28,29). The third kappa shape index (κ3) is 12.7. The number of carboxylic acid groups (broad SMARTS) is 1. The van der Waals surface area contributed by atoms with Crippen LogP contribution in [-0.2, 0) is 25.6 Å². The fourth-order valence-corrected chi connectivity index (χ4v) is 3.43. The molecule has 0 saturated heterocycles. The van der Waals surface area contributed by atoms with E-state index in [2.05, 4.69) is 20.9 Å². The number of nitrogens with zero attached hydrogens (tertiary/aromatic N) is 1. The van der Waals surface area contributed by atoms with E-state index in [9.17, 15) is 24.3 Å². The molecule has 13 heteroatoms. The number of carbonyl (C=O) groups excluding carboxylic acids is 3. The molecule has 0 aliphatic rings. The summed E-state index contributed by atoms with van der Waals surface area (Å²) in [5.41, 5.74) is 22.6. The Morgan fingerprint density at radius 1 is 0.865 bits per heavy atom. The molecule has 0 spiro atoms. The van der Waals surface area contributed by atoms with Gasteiger partial charge >= 0.3 is 5.97 Å². The quantitative estimate of drug-likeness (QED) is 0.0662. The third-order valence-corrected chi connectivity index (χ3v) is 5.47. The molecule has 0 aliphatic carbocycles. The molecule has 1 aromatic rings. The zero-order valence-corrected chi connectivity index (χ0v) is 21.2. The van der Waals surface area contributed by atoms with E-state index in [0.717, 1.165) is 5.56 Å². The van der Waals surface area contributed by atoms with Crippen LogP contribution < -0.4 is 38.9 Å². The highest BCUT2D eigenvalue weighted by molar-refractivity contribution is 5.94. The van der Waals surface area contributed by atoms with Crippen LogP contribution in [0.3, 0.4) is 0 Å². The van der Waals surface area contributed by atoms with Gasteiger partial charge in [-0.15, -0.1) is 0 Å². The number of carboxylic acids is 1. The Kier molecular flexibility index (Phi) is 14.3. The highest BCUT2D eigenvalue weighted by atomic mass is 16.4. The minimum absolute atomic E-state index is 0.0583. The Morgan fingerprint density at radius 2 is 1.41 bits per heavy atom. The normalized spacial score (nSPS) is 13.9. The number of nitrogens with one attached hydrogen (secondary N) is 3. The average Bonchev–Trinajstić information content (AvgIpc) is 2.84. The Morgan fingerprint density at radius 3 is 1.92 bits per heavy atom. The van der Waals surface area contributed by atoms with Crippen molar-refractivity contribution < 1.29 is 24.3 Å². The molecule has 1 rings (SSSR count). The number of aliphatic carboxylic acids is 1. The predicted octanol–water partition coefficient (Wildman–Crippen LogP) is -1.70. The van der Waals surface area contributed by atoms with E-state index in [4.69, 9.17) is 22.9 Å². The Balaban J connectivity index is 3.03. The summed E-state index contributed by atoms with van der Waals surface area (Å²) in [6.07, 6.45) is 2.01. The lowest BCUT2D eigenvalue weighted by molar-refractivity contribution is -0.142. The smallest absolute Gasteiger partial charge is 0.326 e. The molecule has 4 unspecified atom stereocenters. The highest BCUT2D eigenvalue weighted by Crippen LogP contribution is 2.07. The van der Waals surface area contributed by atoms with Crippen LogP contribution in [0.4, 0.5) is 0 Å². The summed E-state index contributed by atoms with van der Waals surface area (Å²) >= 11 is 0. The van der Waals surface area contributed by atoms with E-state index < -0.39 is 47.9 Å². The van der Waals surface area contributed by atoms with Crippen LogP contribution in [0.25, 0.3) is 0 Å². The van der Waals surface area contributed by atoms with Crippen molar-refractivity contribution in [3.8, 4) is 0 Å². The van der Waals surface area contributed by atoms with Gasteiger partial charge < -0.3 is 44.0 Å². The lowest BCUT2D eigenvalue weighted by atomic mass is 10.0. The van der Waals surface area contributed by atoms with Crippen molar-refractivity contribution >= 4 is 29.7 Å². The number of unbranched alkanes of at least 4 members (excludes halogenated alkanes) is 1. The van der Waals surface area contributed by atoms with E-state index in [1.807, 2.05) is 0 Å². The molecule has 0 bridgehead atoms. The summed E-state index contributed by atoms with van der Waals surface area (Å²) < 4.78 is 0. The van der Waals surface area contributed by atoms with Gasteiger partial charge in [0.1, 0.15) is 18.1 Å². The van der Waals surface area contributed by atoms with Crippen LogP contribution in [0.15, 0.2) is 35.3 Å². The molecule has 0 heterocycles. The first-order chi connectivity index (χ1) is 17.5. The zero-order chi connectivity index (χ0) is 27.8. The van der Waals surface area contributed by atoms with E-state index >= 15 is 0 Å². The third-order valence-electron chi connectivity index (χ3n) is 5.47. The first-order valence-corrected chi connectivity index (χ1v) is 12.2. The molecule has 37 heavy (non-hydrogen) atoms. The lowest BCUT2D eigenvalue weighted by Gasteiger charge is -2.25. The zero-order valence-electron chi connectivity index (χ0n) is 21.2. The molecule has 4 atom stereocenters. The molecule has 0 saturated carbocycles. The van der Waals surface area contributed by atoms with E-state index in [0.29, 0.717) is 25.8 Å². The Labute approximate surface area is 216 Å². The molecule has 206 valence electrons. The molecule has 0 fully saturated rings. The van der Waals surface area contributed by atoms with Crippen molar-refractivity contribution in [1.29, 1.82) is 0 Å². The molecular formula is C24H40N8O5. The Bertz CT molecular complexity index is 906. The second-order valence-corrected chi connectivity index (χ2v) is 8.73. The van der Waals surface area contributed by atoms with Crippen LogP contribution in [-0.4, -0.2) is 72.0 Å². The van der Waals surface area contributed by atoms with Gasteiger partial charge in [-0.2, -0.15) is 0 Å². The van der Waals surface area contributed by atoms with Gasteiger partial charge in [-0.1, -0.05) is 30.3 Å². The fraction of sp³-hybridized carbons (Fsp3) is 0.542. The van der Waals surface area contributed by atoms with Gasteiger partial charge in [-0.05, 0) is 51.1 Å². The molecule has 3 amide bonds. The minimum Gasteiger partial charge on any atom is -0.480 e. The fourth-order valence-electron chi connectivity index (χ4n) is 3.43. The topological polar surface area (TPSA) is 241 Å². The largest absolute Gasteiger partial charge is 0.480 e. The number of carbonyl (C=O) groups is 4. The van der Waals surface area contributed by atoms with Gasteiger partial charge in [-0.25, -0.2) is 4.79 Å². The number of amides is 3. The molecular weight excluding hydrogens is 480 g/mol. The predicted molar refractivity (Wildman–Crippen MR) is 140 cm³/mol. The number of nitrogens with two attached hydrogens (primary N) is 4. The van der Waals surface area contributed by atoms with E-state index in [-0.39, 0.29) is 31.8 Å². The molecule has 13 nitrogen and oxygen atoms in total. The van der Waals surface area contributed by atoms with Gasteiger partial charge in [0, 0.05) is 13.0 Å². The maximum absolute atomic E-state index is 13.1. The van der Waals surface area contributed by atoms with Gasteiger partial charge in [0.15, 0.2) is 5.96 Å². The summed E-state index contributed by atoms with van der Waals surface area (Å²) in [6, 6.07) is 4.75. The number of benzene rings is 1. The second-order valence-electron chi connectivity index (χ2n) is 8.73. The van der Waals surface area contributed by atoms with Crippen molar-refractivity contribution in [2.24, 2.45) is 27.9 Å². The number of rotatable bonds is 17. The number of hydrogen-bond donors (Lipinski definition) is 8. The van der Waals surface area contributed by atoms with Crippen molar-refractivity contribution in [2.45, 2.75) is 69.6 Å². The van der Waals surface area contributed by atoms with Gasteiger partial charge in [-0.3, -0.25) is 19.4 Å². The second kappa shape index (κ2) is 16.9. The molecule has 0 aliphatic heterocycles. The van der Waals surface area contributed by atoms with E-state index in [1.54, 1.807) is 30.3 Å². The Hall–Kier alpha value is -3.71. The first kappa shape index (κ1) is 31.3. The summed E-state index contributed by atoms with van der Waals surface area (Å²) in [5, 5.41) is 17.4. The van der Waals surface area contributed by atoms with Crippen molar-refractivity contribution in [2.75, 3.05) is 13.1 Å². The monoisotopic (exact) mass is 520 g/mol. The number of guanidine groups is 1. The van der Waals surface area contributed by atoms with Crippen LogP contribution >= 0.6 is 0 Å². The summed E-state index contributed by atoms with van der Waals surface area (Å²) in [6.45, 7) is 2.11. The van der Waals surface area contributed by atoms with Gasteiger partial charge in [0.2, 0.25) is 17.7 Å². The van der Waals surface area contributed by atoms with Crippen LogP contribution in [0.1, 0.15) is 44.6 Å².